The Kier molecular flexibility index (Phi) is 5.48. The van der Waals surface area contributed by atoms with Crippen molar-refractivity contribution in [3.8, 4) is 0 Å². The van der Waals surface area contributed by atoms with Crippen LogP contribution in [0, 0.1) is 0 Å². The van der Waals surface area contributed by atoms with E-state index in [-0.39, 0.29) is 12.5 Å². The third kappa shape index (κ3) is 4.73. The number of benzene rings is 1. The van der Waals surface area contributed by atoms with Gasteiger partial charge in [-0.15, -0.1) is 0 Å². The molecule has 0 radical (unpaired) electrons. The molecule has 0 aliphatic carbocycles. The molecule has 2 N–H and O–H groups in total. The van der Waals surface area contributed by atoms with Gasteiger partial charge in [0.25, 0.3) is 0 Å². The summed E-state index contributed by atoms with van der Waals surface area (Å²) in [6, 6.07) is 7.60. The van der Waals surface area contributed by atoms with E-state index in [9.17, 15) is 4.79 Å². The number of rotatable bonds is 4. The highest BCUT2D eigenvalue weighted by atomic mass is 32.2. The molecule has 1 aliphatic heterocycles. The van der Waals surface area contributed by atoms with Crippen LogP contribution in [0.1, 0.15) is 18.4 Å². The Hall–Kier alpha value is -1.26. The van der Waals surface area contributed by atoms with Gasteiger partial charge in [-0.2, -0.15) is 11.8 Å². The molecule has 3 nitrogen and oxygen atoms in total. The van der Waals surface area contributed by atoms with Gasteiger partial charge in [-0.3, -0.25) is 4.79 Å². The molecule has 1 aliphatic rings. The zero-order valence-corrected chi connectivity index (χ0v) is 11.7. The van der Waals surface area contributed by atoms with Crippen LogP contribution in [0.2, 0.25) is 0 Å². The number of nitrogens with one attached hydrogen (secondary N) is 1. The predicted octanol–water partition coefficient (Wildman–Crippen LogP) is 2.61. The molecule has 1 heterocycles. The molecule has 0 spiro atoms. The Labute approximate surface area is 118 Å². The highest BCUT2D eigenvalue weighted by molar-refractivity contribution is 7.99. The molecule has 1 fully saturated rings. The van der Waals surface area contributed by atoms with Crippen molar-refractivity contribution in [3.05, 3.63) is 41.5 Å². The number of carbonyl (C=O) groups is 1. The normalized spacial score (nSPS) is 15.1. The van der Waals surface area contributed by atoms with E-state index < -0.39 is 0 Å². The van der Waals surface area contributed by atoms with Crippen LogP contribution in [0.5, 0.6) is 0 Å². The van der Waals surface area contributed by atoms with Crippen molar-refractivity contribution in [3.63, 3.8) is 0 Å². The van der Waals surface area contributed by atoms with E-state index >= 15 is 0 Å². The van der Waals surface area contributed by atoms with E-state index in [0.717, 1.165) is 35.6 Å². The Morgan fingerprint density at radius 1 is 1.26 bits per heavy atom. The van der Waals surface area contributed by atoms with Crippen molar-refractivity contribution in [2.45, 2.75) is 19.3 Å². The first-order valence-electron chi connectivity index (χ1n) is 6.56. The van der Waals surface area contributed by atoms with Gasteiger partial charge in [-0.1, -0.05) is 17.7 Å². The van der Waals surface area contributed by atoms with Crippen molar-refractivity contribution in [1.29, 1.82) is 0 Å². The maximum absolute atomic E-state index is 11.9. The lowest BCUT2D eigenvalue weighted by Gasteiger charge is -2.13. The van der Waals surface area contributed by atoms with Gasteiger partial charge in [-0.25, -0.2) is 0 Å². The van der Waals surface area contributed by atoms with Gasteiger partial charge in [-0.05, 0) is 48.5 Å². The zero-order valence-electron chi connectivity index (χ0n) is 10.9. The number of hydrogen-bond acceptors (Lipinski definition) is 3. The second-order valence-electron chi connectivity index (χ2n) is 4.57. The summed E-state index contributed by atoms with van der Waals surface area (Å²) in [7, 11) is 0. The summed E-state index contributed by atoms with van der Waals surface area (Å²) in [4.78, 5) is 11.9. The van der Waals surface area contributed by atoms with Gasteiger partial charge in [0.15, 0.2) is 0 Å². The number of thioether (sulfide) groups is 1. The Morgan fingerprint density at radius 3 is 2.58 bits per heavy atom. The SMILES string of the molecule is O=C(C=C1CCSCC1)Nc1ccc(CCO)cc1. The average molecular weight is 277 g/mol. The first-order valence-corrected chi connectivity index (χ1v) is 7.71. The third-order valence-corrected chi connectivity index (χ3v) is 4.08. The van der Waals surface area contributed by atoms with Gasteiger partial charge >= 0.3 is 0 Å². The van der Waals surface area contributed by atoms with E-state index in [4.69, 9.17) is 5.11 Å². The molecule has 19 heavy (non-hydrogen) atoms. The number of hydrogen-bond donors (Lipinski definition) is 2. The van der Waals surface area contributed by atoms with Crippen LogP contribution < -0.4 is 5.32 Å². The van der Waals surface area contributed by atoms with Crippen molar-refractivity contribution in [2.75, 3.05) is 23.4 Å². The standard InChI is InChI=1S/C15H19NO2S/c17-8-5-12-1-3-14(4-2-12)16-15(18)11-13-6-9-19-10-7-13/h1-4,11,17H,5-10H2,(H,16,18). The highest BCUT2D eigenvalue weighted by Gasteiger charge is 2.07. The van der Waals surface area contributed by atoms with Crippen molar-refractivity contribution >= 4 is 23.4 Å². The molecule has 0 unspecified atom stereocenters. The van der Waals surface area contributed by atoms with Crippen LogP contribution in [-0.4, -0.2) is 29.1 Å². The van der Waals surface area contributed by atoms with Crippen LogP contribution in [-0.2, 0) is 11.2 Å². The summed E-state index contributed by atoms with van der Waals surface area (Å²) in [6.45, 7) is 0.149. The molecule has 0 saturated carbocycles. The van der Waals surface area contributed by atoms with E-state index in [0.29, 0.717) is 6.42 Å². The van der Waals surface area contributed by atoms with Crippen LogP contribution in [0.15, 0.2) is 35.9 Å². The summed E-state index contributed by atoms with van der Waals surface area (Å²) in [5.74, 6) is 2.20. The maximum atomic E-state index is 11.9. The summed E-state index contributed by atoms with van der Waals surface area (Å²) >= 11 is 1.94. The first-order chi connectivity index (χ1) is 9.28. The van der Waals surface area contributed by atoms with Gasteiger partial charge in [0, 0.05) is 18.4 Å². The molecule has 4 heteroatoms. The first kappa shape index (κ1) is 14.2. The number of carbonyl (C=O) groups excluding carboxylic acids is 1. The van der Waals surface area contributed by atoms with Crippen molar-refractivity contribution < 1.29 is 9.90 Å². The number of allylic oxidation sites excluding steroid dienone is 1. The zero-order chi connectivity index (χ0) is 13.5. The predicted molar refractivity (Wildman–Crippen MR) is 80.5 cm³/mol. The van der Waals surface area contributed by atoms with Gasteiger partial charge in [0.2, 0.25) is 5.91 Å². The quantitative estimate of drug-likeness (QED) is 0.832. The van der Waals surface area contributed by atoms with Gasteiger partial charge in [0.05, 0.1) is 0 Å². The molecule has 1 aromatic carbocycles. The maximum Gasteiger partial charge on any atom is 0.248 e. The van der Waals surface area contributed by atoms with Crippen LogP contribution >= 0.6 is 11.8 Å². The molecule has 1 aromatic rings. The minimum atomic E-state index is -0.0446. The van der Waals surface area contributed by atoms with E-state index in [1.165, 1.54) is 5.57 Å². The largest absolute Gasteiger partial charge is 0.396 e. The topological polar surface area (TPSA) is 49.3 Å². The van der Waals surface area contributed by atoms with E-state index in [2.05, 4.69) is 5.32 Å². The van der Waals surface area contributed by atoms with Crippen LogP contribution in [0.4, 0.5) is 5.69 Å². The monoisotopic (exact) mass is 277 g/mol. The highest BCUT2D eigenvalue weighted by Crippen LogP contribution is 2.21. The fourth-order valence-electron chi connectivity index (χ4n) is 2.03. The average Bonchev–Trinajstić information content (AvgIpc) is 2.42. The van der Waals surface area contributed by atoms with E-state index in [1.807, 2.05) is 36.0 Å². The lowest BCUT2D eigenvalue weighted by molar-refractivity contribution is -0.112. The van der Waals surface area contributed by atoms with Crippen molar-refractivity contribution in [1.82, 2.24) is 0 Å². The molecule has 102 valence electrons. The lowest BCUT2D eigenvalue weighted by atomic mass is 10.1. The molecule has 0 atom stereocenters. The minimum absolute atomic E-state index is 0.0446. The molecular formula is C15H19NO2S. The molecule has 1 saturated heterocycles. The Bertz CT molecular complexity index is 446. The third-order valence-electron chi connectivity index (χ3n) is 3.09. The Morgan fingerprint density at radius 2 is 1.95 bits per heavy atom. The summed E-state index contributed by atoms with van der Waals surface area (Å²) in [5, 5.41) is 11.7. The van der Waals surface area contributed by atoms with Gasteiger partial charge in [0.1, 0.15) is 0 Å². The molecule has 2 rings (SSSR count). The summed E-state index contributed by atoms with van der Waals surface area (Å²) in [6.07, 6.45) is 4.43. The molecular weight excluding hydrogens is 258 g/mol. The second-order valence-corrected chi connectivity index (χ2v) is 5.80. The van der Waals surface area contributed by atoms with Crippen LogP contribution in [0.25, 0.3) is 0 Å². The van der Waals surface area contributed by atoms with Crippen LogP contribution in [0.3, 0.4) is 0 Å². The number of anilines is 1. The van der Waals surface area contributed by atoms with E-state index in [1.54, 1.807) is 6.08 Å². The summed E-state index contributed by atoms with van der Waals surface area (Å²) in [5.41, 5.74) is 3.12. The Balaban J connectivity index is 1.90. The summed E-state index contributed by atoms with van der Waals surface area (Å²) < 4.78 is 0. The number of aliphatic hydroxyl groups is 1. The fraction of sp³-hybridized carbons (Fsp3) is 0.400. The molecule has 0 aromatic heterocycles. The fourth-order valence-corrected chi connectivity index (χ4v) is 3.04. The molecule has 1 amide bonds. The smallest absolute Gasteiger partial charge is 0.248 e. The van der Waals surface area contributed by atoms with Crippen molar-refractivity contribution in [2.24, 2.45) is 0 Å². The lowest BCUT2D eigenvalue weighted by Crippen LogP contribution is -2.10. The minimum Gasteiger partial charge on any atom is -0.396 e. The number of amides is 1. The number of aliphatic hydroxyl groups excluding tert-OH is 1. The van der Waals surface area contributed by atoms with Gasteiger partial charge < -0.3 is 10.4 Å². The second kappa shape index (κ2) is 7.36. The molecule has 0 bridgehead atoms.